The second-order valence-corrected chi connectivity index (χ2v) is 15.6. The molecule has 41 heavy (non-hydrogen) atoms. The van der Waals surface area contributed by atoms with Crippen LogP contribution in [0, 0.1) is 52.3 Å². The fourth-order valence-electron chi connectivity index (χ4n) is 10.2. The first kappa shape index (κ1) is 31.9. The molecular formula is C34H59NO6. The minimum atomic E-state index is -1.37. The van der Waals surface area contributed by atoms with Crippen molar-refractivity contribution in [2.75, 3.05) is 6.61 Å². The van der Waals surface area contributed by atoms with Gasteiger partial charge in [0.15, 0.2) is 6.29 Å². The molecule has 5 aliphatic rings. The number of hydrogen-bond donors (Lipinski definition) is 4. The van der Waals surface area contributed by atoms with Crippen LogP contribution in [-0.2, 0) is 14.3 Å². The van der Waals surface area contributed by atoms with Gasteiger partial charge in [-0.15, -0.1) is 0 Å². The first-order valence-electron chi connectivity index (χ1n) is 16.8. The molecule has 1 aliphatic heterocycles. The zero-order valence-electron chi connectivity index (χ0n) is 26.5. The van der Waals surface area contributed by atoms with Crippen molar-refractivity contribution in [1.82, 2.24) is 0 Å². The summed E-state index contributed by atoms with van der Waals surface area (Å²) < 4.78 is 12.1. The fourth-order valence-corrected chi connectivity index (χ4v) is 10.2. The summed E-state index contributed by atoms with van der Waals surface area (Å²) in [5, 5.41) is 31.2. The first-order chi connectivity index (χ1) is 19.4. The smallest absolute Gasteiger partial charge is 0.186 e. The van der Waals surface area contributed by atoms with Crippen LogP contribution in [0.3, 0.4) is 0 Å². The van der Waals surface area contributed by atoms with Crippen LogP contribution in [0.5, 0.6) is 0 Å². The van der Waals surface area contributed by atoms with Gasteiger partial charge in [-0.05, 0) is 104 Å². The Morgan fingerprint density at radius 1 is 0.951 bits per heavy atom. The van der Waals surface area contributed by atoms with Crippen molar-refractivity contribution in [3.05, 3.63) is 11.6 Å². The van der Waals surface area contributed by atoms with Crippen molar-refractivity contribution in [2.45, 2.75) is 143 Å². The monoisotopic (exact) mass is 577 g/mol. The van der Waals surface area contributed by atoms with Crippen LogP contribution in [0.2, 0.25) is 0 Å². The number of ether oxygens (including phenoxy) is 2. The van der Waals surface area contributed by atoms with Crippen molar-refractivity contribution in [2.24, 2.45) is 58.2 Å². The first-order valence-corrected chi connectivity index (χ1v) is 16.8. The third-order valence-corrected chi connectivity index (χ3v) is 13.3. The second kappa shape index (κ2) is 12.5. The Morgan fingerprint density at radius 2 is 1.71 bits per heavy atom. The lowest BCUT2D eigenvalue weighted by Crippen LogP contribution is -2.60. The maximum atomic E-state index is 10.6. The predicted molar refractivity (Wildman–Crippen MR) is 159 cm³/mol. The number of nitrogens with two attached hydrogens (primary N) is 1. The summed E-state index contributed by atoms with van der Waals surface area (Å²) >= 11 is 0. The standard InChI is InChI=1S/C34H59NO6/c1-19(2)20(3)7-8-21(4)25-11-12-26-24-10-9-22-17-23(13-15-33(22,5)27(24)14-16-34(25,26)6)40-32-31(38)30(37)29(36)28(41-32)18-39-35/h9,19-21,23-32,36-38H,7-8,10-18,35H2,1-6H3/t20-,21+,23?,24-,25+,26-,27-,28+,29+,30-,31+,32+,33-,34+/m0/s1. The van der Waals surface area contributed by atoms with Gasteiger partial charge in [-0.1, -0.05) is 66.0 Å². The normalized spacial score (nSPS) is 47.7. The third-order valence-electron chi connectivity index (χ3n) is 13.3. The van der Waals surface area contributed by atoms with Gasteiger partial charge >= 0.3 is 0 Å². The quantitative estimate of drug-likeness (QED) is 0.216. The zero-order chi connectivity index (χ0) is 29.7. The molecule has 0 aromatic carbocycles. The molecule has 3 saturated carbocycles. The molecule has 4 aliphatic carbocycles. The molecule has 1 saturated heterocycles. The third kappa shape index (κ3) is 5.83. The zero-order valence-corrected chi connectivity index (χ0v) is 26.5. The van der Waals surface area contributed by atoms with Crippen molar-refractivity contribution in [3.8, 4) is 0 Å². The largest absolute Gasteiger partial charge is 0.387 e. The van der Waals surface area contributed by atoms with E-state index in [4.69, 9.17) is 15.4 Å². The number of fused-ring (bicyclic) bond motifs is 5. The van der Waals surface area contributed by atoms with E-state index >= 15 is 0 Å². The molecule has 236 valence electrons. The lowest BCUT2D eigenvalue weighted by Gasteiger charge is -2.58. The molecule has 1 unspecified atom stereocenters. The molecule has 14 atom stereocenters. The van der Waals surface area contributed by atoms with Gasteiger partial charge in [0.05, 0.1) is 12.7 Å². The van der Waals surface area contributed by atoms with Gasteiger partial charge in [-0.2, -0.15) is 0 Å². The number of allylic oxidation sites excluding steroid dienone is 1. The van der Waals surface area contributed by atoms with Crippen LogP contribution in [0.25, 0.3) is 0 Å². The van der Waals surface area contributed by atoms with Crippen molar-refractivity contribution in [3.63, 3.8) is 0 Å². The molecule has 0 amide bonds. The van der Waals surface area contributed by atoms with E-state index in [0.717, 1.165) is 60.7 Å². The molecule has 5 rings (SSSR count). The van der Waals surface area contributed by atoms with Gasteiger partial charge in [0.2, 0.25) is 0 Å². The minimum absolute atomic E-state index is 0.0848. The Morgan fingerprint density at radius 3 is 2.41 bits per heavy atom. The van der Waals surface area contributed by atoms with Crippen LogP contribution in [0.1, 0.15) is 106 Å². The molecular weight excluding hydrogens is 518 g/mol. The summed E-state index contributed by atoms with van der Waals surface area (Å²) in [5.74, 6) is 10.8. The molecule has 5 N–H and O–H groups in total. The van der Waals surface area contributed by atoms with E-state index in [1.807, 2.05) is 0 Å². The van der Waals surface area contributed by atoms with E-state index < -0.39 is 30.7 Å². The van der Waals surface area contributed by atoms with E-state index in [0.29, 0.717) is 5.41 Å². The molecule has 0 radical (unpaired) electrons. The van der Waals surface area contributed by atoms with Crippen molar-refractivity contribution < 1.29 is 29.6 Å². The number of hydrogen-bond acceptors (Lipinski definition) is 7. The fraction of sp³-hybridized carbons (Fsp3) is 0.941. The topological polar surface area (TPSA) is 114 Å². The van der Waals surface area contributed by atoms with Crippen LogP contribution < -0.4 is 5.90 Å². The average molecular weight is 578 g/mol. The van der Waals surface area contributed by atoms with Gasteiger partial charge in [-0.3, -0.25) is 0 Å². The Balaban J connectivity index is 1.24. The highest BCUT2D eigenvalue weighted by molar-refractivity contribution is 5.25. The summed E-state index contributed by atoms with van der Waals surface area (Å²) in [6.45, 7) is 14.8. The lowest BCUT2D eigenvalue weighted by molar-refractivity contribution is -0.314. The summed E-state index contributed by atoms with van der Waals surface area (Å²) in [6.07, 6.45) is 8.84. The van der Waals surface area contributed by atoms with E-state index in [1.54, 1.807) is 0 Å². The minimum Gasteiger partial charge on any atom is -0.387 e. The van der Waals surface area contributed by atoms with E-state index in [1.165, 1.54) is 50.5 Å². The van der Waals surface area contributed by atoms with Crippen molar-refractivity contribution in [1.29, 1.82) is 0 Å². The Bertz CT molecular complexity index is 927. The summed E-state index contributed by atoms with van der Waals surface area (Å²) in [4.78, 5) is 4.65. The maximum Gasteiger partial charge on any atom is 0.186 e. The molecule has 0 aromatic rings. The molecule has 7 heteroatoms. The number of aliphatic hydroxyl groups excluding tert-OH is 3. The highest BCUT2D eigenvalue weighted by Crippen LogP contribution is 2.67. The average Bonchev–Trinajstić information content (AvgIpc) is 3.30. The lowest BCUT2D eigenvalue weighted by atomic mass is 9.47. The summed E-state index contributed by atoms with van der Waals surface area (Å²) in [6, 6.07) is 0. The van der Waals surface area contributed by atoms with Crippen LogP contribution in [0.15, 0.2) is 11.6 Å². The molecule has 0 spiro atoms. The number of rotatable bonds is 9. The SMILES string of the molecule is CC(C)[C@@H](C)CC[C@@H](C)[C@H]1CC[C@H]2[C@@H]3CC=C4CC(O[C@@H]5O[C@H](CON)[C@@H](O)[C@H](O)[C@H]5O)CC[C@]4(C)[C@H]3CC[C@]12C. The van der Waals surface area contributed by atoms with Crippen molar-refractivity contribution >= 4 is 0 Å². The van der Waals surface area contributed by atoms with Gasteiger partial charge in [0.1, 0.15) is 24.4 Å². The predicted octanol–water partition coefficient (Wildman–Crippen LogP) is 5.36. The summed E-state index contributed by atoms with van der Waals surface area (Å²) in [7, 11) is 0. The molecule has 1 heterocycles. The van der Waals surface area contributed by atoms with E-state index in [-0.39, 0.29) is 18.1 Å². The van der Waals surface area contributed by atoms with E-state index in [9.17, 15) is 15.3 Å². The van der Waals surface area contributed by atoms with Gasteiger partial charge in [0.25, 0.3) is 0 Å². The number of aliphatic hydroxyl groups is 3. The Hall–Kier alpha value is -0.540. The van der Waals surface area contributed by atoms with Gasteiger partial charge in [-0.25, -0.2) is 5.90 Å². The van der Waals surface area contributed by atoms with Crippen LogP contribution >= 0.6 is 0 Å². The van der Waals surface area contributed by atoms with Gasteiger partial charge in [0, 0.05) is 0 Å². The Labute approximate surface area is 248 Å². The molecule has 0 aromatic heterocycles. The maximum absolute atomic E-state index is 10.6. The molecule has 7 nitrogen and oxygen atoms in total. The second-order valence-electron chi connectivity index (χ2n) is 15.6. The van der Waals surface area contributed by atoms with Gasteiger partial charge < -0.3 is 29.6 Å². The van der Waals surface area contributed by atoms with E-state index in [2.05, 4.69) is 52.5 Å². The summed E-state index contributed by atoms with van der Waals surface area (Å²) in [5.41, 5.74) is 2.20. The molecule has 0 bridgehead atoms. The molecule has 4 fully saturated rings. The highest BCUT2D eigenvalue weighted by Gasteiger charge is 2.59. The highest BCUT2D eigenvalue weighted by atomic mass is 16.7. The van der Waals surface area contributed by atoms with Crippen LogP contribution in [-0.4, -0.2) is 58.7 Å². The Kier molecular flexibility index (Phi) is 9.68. The van der Waals surface area contributed by atoms with Crippen LogP contribution in [0.4, 0.5) is 0 Å².